The molecule has 1 saturated carbocycles. The van der Waals surface area contributed by atoms with Crippen LogP contribution in [0.2, 0.25) is 0 Å². The number of nitrogens with zero attached hydrogens (tertiary/aromatic N) is 2. The molecule has 0 aliphatic heterocycles. The van der Waals surface area contributed by atoms with Crippen molar-refractivity contribution >= 4 is 28.2 Å². The number of Topliss-reactive ketones (excluding diaryl/α,β-unsaturated/α-hetero) is 1. The van der Waals surface area contributed by atoms with E-state index in [1.54, 1.807) is 18.2 Å². The first kappa shape index (κ1) is 20.3. The first-order valence-electron chi connectivity index (χ1n) is 9.49. The van der Waals surface area contributed by atoms with Crippen molar-refractivity contribution in [2.24, 2.45) is 0 Å². The van der Waals surface area contributed by atoms with Gasteiger partial charge >= 0.3 is 0 Å². The fourth-order valence-electron chi connectivity index (χ4n) is 3.36. The van der Waals surface area contributed by atoms with E-state index < -0.39 is 0 Å². The summed E-state index contributed by atoms with van der Waals surface area (Å²) < 4.78 is 10.4. The van der Waals surface area contributed by atoms with Gasteiger partial charge in [-0.2, -0.15) is 0 Å². The largest absolute Gasteiger partial charge is 0.493 e. The Morgan fingerprint density at radius 2 is 1.82 bits per heavy atom. The summed E-state index contributed by atoms with van der Waals surface area (Å²) in [6, 6.07) is 4.98. The molecule has 0 bridgehead atoms. The number of ether oxygens (including phenoxy) is 2. The molecular formula is C20H25N3O4S. The first-order valence-corrected chi connectivity index (χ1v) is 10.3. The second-order valence-electron chi connectivity index (χ2n) is 6.82. The van der Waals surface area contributed by atoms with Gasteiger partial charge in [0, 0.05) is 24.3 Å². The van der Waals surface area contributed by atoms with Crippen LogP contribution in [0.3, 0.4) is 0 Å². The first-order chi connectivity index (χ1) is 13.6. The van der Waals surface area contributed by atoms with E-state index in [0.29, 0.717) is 28.1 Å². The Morgan fingerprint density at radius 3 is 2.54 bits per heavy atom. The SMILES string of the molecule is COc1ccc(C(=O)CCC(=O)Nc2nnc(C3CCCCC3)s2)cc1OC. The smallest absolute Gasteiger partial charge is 0.226 e. The van der Waals surface area contributed by atoms with Gasteiger partial charge in [-0.15, -0.1) is 10.2 Å². The fraction of sp³-hybridized carbons (Fsp3) is 0.500. The molecule has 3 rings (SSSR count). The minimum absolute atomic E-state index is 0.0888. The number of rotatable bonds is 8. The van der Waals surface area contributed by atoms with Gasteiger partial charge in [0.15, 0.2) is 17.3 Å². The molecule has 0 radical (unpaired) electrons. The normalized spacial score (nSPS) is 14.5. The van der Waals surface area contributed by atoms with Crippen LogP contribution in [0.1, 0.15) is 66.2 Å². The number of carbonyl (C=O) groups is 2. The lowest BCUT2D eigenvalue weighted by Crippen LogP contribution is -2.13. The molecule has 1 aliphatic rings. The molecule has 0 atom stereocenters. The second-order valence-corrected chi connectivity index (χ2v) is 7.83. The van der Waals surface area contributed by atoms with E-state index in [1.165, 1.54) is 44.8 Å². The molecule has 0 saturated heterocycles. The summed E-state index contributed by atoms with van der Waals surface area (Å²) in [5.41, 5.74) is 0.487. The highest BCUT2D eigenvalue weighted by Gasteiger charge is 2.20. The van der Waals surface area contributed by atoms with Crippen LogP contribution in [-0.2, 0) is 4.79 Å². The summed E-state index contributed by atoms with van der Waals surface area (Å²) in [6.07, 6.45) is 6.22. The van der Waals surface area contributed by atoms with Crippen molar-refractivity contribution in [2.75, 3.05) is 19.5 Å². The molecule has 1 aromatic heterocycles. The number of methoxy groups -OCH3 is 2. The van der Waals surface area contributed by atoms with Crippen molar-refractivity contribution in [1.29, 1.82) is 0 Å². The van der Waals surface area contributed by atoms with E-state index in [1.807, 2.05) is 0 Å². The maximum Gasteiger partial charge on any atom is 0.226 e. The highest BCUT2D eigenvalue weighted by Crippen LogP contribution is 2.35. The summed E-state index contributed by atoms with van der Waals surface area (Å²) in [5.74, 6) is 1.14. The third kappa shape index (κ3) is 5.07. The van der Waals surface area contributed by atoms with Crippen molar-refractivity contribution in [1.82, 2.24) is 10.2 Å². The van der Waals surface area contributed by atoms with Crippen LogP contribution in [0.15, 0.2) is 18.2 Å². The van der Waals surface area contributed by atoms with Gasteiger partial charge in [0.1, 0.15) is 5.01 Å². The van der Waals surface area contributed by atoms with Gasteiger partial charge in [0.25, 0.3) is 0 Å². The van der Waals surface area contributed by atoms with Crippen molar-refractivity contribution in [3.8, 4) is 11.5 Å². The Kier molecular flexibility index (Phi) is 6.97. The Balaban J connectivity index is 1.51. The minimum atomic E-state index is -0.236. The third-order valence-corrected chi connectivity index (χ3v) is 5.93. The maximum atomic E-state index is 12.4. The van der Waals surface area contributed by atoms with Crippen LogP contribution in [0, 0.1) is 0 Å². The highest BCUT2D eigenvalue weighted by atomic mass is 32.1. The lowest BCUT2D eigenvalue weighted by molar-refractivity contribution is -0.116. The summed E-state index contributed by atoms with van der Waals surface area (Å²) in [5, 5.41) is 12.6. The maximum absolute atomic E-state index is 12.4. The number of hydrogen-bond donors (Lipinski definition) is 1. The van der Waals surface area contributed by atoms with Gasteiger partial charge in [-0.25, -0.2) is 0 Å². The van der Waals surface area contributed by atoms with E-state index in [2.05, 4.69) is 15.5 Å². The average Bonchev–Trinajstić information content (AvgIpc) is 3.20. The molecule has 150 valence electrons. The Hall–Kier alpha value is -2.48. The Labute approximate surface area is 168 Å². The monoisotopic (exact) mass is 403 g/mol. The molecule has 1 aliphatic carbocycles. The van der Waals surface area contributed by atoms with E-state index in [4.69, 9.17) is 9.47 Å². The number of carbonyl (C=O) groups excluding carboxylic acids is 2. The molecule has 7 nitrogen and oxygen atoms in total. The van der Waals surface area contributed by atoms with Crippen LogP contribution in [0.5, 0.6) is 11.5 Å². The minimum Gasteiger partial charge on any atom is -0.493 e. The third-order valence-electron chi connectivity index (χ3n) is 4.93. The van der Waals surface area contributed by atoms with Crippen molar-refractivity contribution in [3.05, 3.63) is 28.8 Å². The molecule has 0 spiro atoms. The van der Waals surface area contributed by atoms with E-state index in [9.17, 15) is 9.59 Å². The Morgan fingerprint density at radius 1 is 1.07 bits per heavy atom. The Bertz CT molecular complexity index is 831. The molecule has 8 heteroatoms. The van der Waals surface area contributed by atoms with Crippen molar-refractivity contribution < 1.29 is 19.1 Å². The number of nitrogens with one attached hydrogen (secondary N) is 1. The number of amides is 1. The molecule has 1 fully saturated rings. The topological polar surface area (TPSA) is 90.4 Å². The molecule has 1 N–H and O–H groups in total. The molecular weight excluding hydrogens is 378 g/mol. The second kappa shape index (κ2) is 9.64. The van der Waals surface area contributed by atoms with Crippen LogP contribution in [0.25, 0.3) is 0 Å². The van der Waals surface area contributed by atoms with Gasteiger partial charge in [-0.1, -0.05) is 30.6 Å². The molecule has 1 amide bonds. The van der Waals surface area contributed by atoms with Gasteiger partial charge in [0.05, 0.1) is 14.2 Å². The zero-order valence-corrected chi connectivity index (χ0v) is 17.0. The fourth-order valence-corrected chi connectivity index (χ4v) is 4.29. The molecule has 28 heavy (non-hydrogen) atoms. The number of aromatic nitrogens is 2. The number of ketones is 1. The van der Waals surface area contributed by atoms with Crippen LogP contribution in [0.4, 0.5) is 5.13 Å². The van der Waals surface area contributed by atoms with Crippen molar-refractivity contribution in [3.63, 3.8) is 0 Å². The zero-order chi connectivity index (χ0) is 19.9. The van der Waals surface area contributed by atoms with Gasteiger partial charge in [-0.05, 0) is 31.0 Å². The predicted octanol–water partition coefficient (Wildman–Crippen LogP) is 4.20. The highest BCUT2D eigenvalue weighted by molar-refractivity contribution is 7.15. The van der Waals surface area contributed by atoms with Gasteiger partial charge in [0.2, 0.25) is 11.0 Å². The molecule has 1 heterocycles. The summed E-state index contributed by atoms with van der Waals surface area (Å²) in [6.45, 7) is 0. The number of benzene rings is 1. The molecule has 1 aromatic carbocycles. The summed E-state index contributed by atoms with van der Waals surface area (Å²) in [4.78, 5) is 24.6. The van der Waals surface area contributed by atoms with Crippen LogP contribution in [-0.4, -0.2) is 36.1 Å². The quantitative estimate of drug-likeness (QED) is 0.664. The zero-order valence-electron chi connectivity index (χ0n) is 16.2. The lowest BCUT2D eigenvalue weighted by atomic mass is 9.90. The lowest BCUT2D eigenvalue weighted by Gasteiger charge is -2.18. The number of hydrogen-bond acceptors (Lipinski definition) is 7. The molecule has 0 unspecified atom stereocenters. The van der Waals surface area contributed by atoms with Crippen LogP contribution >= 0.6 is 11.3 Å². The van der Waals surface area contributed by atoms with Crippen molar-refractivity contribution in [2.45, 2.75) is 50.9 Å². The van der Waals surface area contributed by atoms with Gasteiger partial charge < -0.3 is 14.8 Å². The summed E-state index contributed by atoms with van der Waals surface area (Å²) in [7, 11) is 3.06. The molecule has 2 aromatic rings. The van der Waals surface area contributed by atoms with Crippen LogP contribution < -0.4 is 14.8 Å². The summed E-state index contributed by atoms with van der Waals surface area (Å²) >= 11 is 1.44. The van der Waals surface area contributed by atoms with E-state index in [-0.39, 0.29) is 24.5 Å². The average molecular weight is 404 g/mol. The predicted molar refractivity (Wildman–Crippen MR) is 107 cm³/mol. The van der Waals surface area contributed by atoms with Gasteiger partial charge in [-0.3, -0.25) is 9.59 Å². The van der Waals surface area contributed by atoms with E-state index in [0.717, 1.165) is 17.8 Å². The van der Waals surface area contributed by atoms with E-state index >= 15 is 0 Å². The number of anilines is 1. The standard InChI is InChI=1S/C20H25N3O4S/c1-26-16-10-8-14(12-17(16)27-2)15(24)9-11-18(25)21-20-23-22-19(28-20)13-6-4-3-5-7-13/h8,10,12-13H,3-7,9,11H2,1-2H3,(H,21,23,25).